The summed E-state index contributed by atoms with van der Waals surface area (Å²) in [5, 5.41) is 8.77. The molecule has 0 aliphatic heterocycles. The quantitative estimate of drug-likeness (QED) is 0.868. The largest absolute Gasteiger partial charge is 0.416 e. The molecule has 0 radical (unpaired) electrons. The van der Waals surface area contributed by atoms with Crippen LogP contribution < -0.4 is 4.72 Å². The maximum Gasteiger partial charge on any atom is 0.416 e. The second-order valence-corrected chi connectivity index (χ2v) is 5.93. The highest BCUT2D eigenvalue weighted by Gasteiger charge is 2.31. The Hall–Kier alpha value is -1.12. The molecule has 4 nitrogen and oxygen atoms in total. The van der Waals surface area contributed by atoms with Gasteiger partial charge in [-0.3, -0.25) is 0 Å². The van der Waals surface area contributed by atoms with Crippen LogP contribution in [0.25, 0.3) is 0 Å². The minimum absolute atomic E-state index is 0.0465. The minimum Gasteiger partial charge on any atom is -0.396 e. The van der Waals surface area contributed by atoms with Gasteiger partial charge in [-0.15, -0.1) is 0 Å². The number of nitrogens with one attached hydrogen (secondary N) is 1. The van der Waals surface area contributed by atoms with E-state index >= 15 is 0 Å². The number of aliphatic hydroxyl groups excluding tert-OH is 1. The van der Waals surface area contributed by atoms with Crippen molar-refractivity contribution in [3.63, 3.8) is 0 Å². The SMILES string of the molecule is CC(CO)CNS(=O)(=O)c1cccc(C(F)(F)F)c1. The fourth-order valence-corrected chi connectivity index (χ4v) is 2.45. The first kappa shape index (κ1) is 15.9. The lowest BCUT2D eigenvalue weighted by Gasteiger charge is -2.12. The van der Waals surface area contributed by atoms with Crippen molar-refractivity contribution in [1.29, 1.82) is 0 Å². The fourth-order valence-electron chi connectivity index (χ4n) is 1.24. The highest BCUT2D eigenvalue weighted by molar-refractivity contribution is 7.89. The van der Waals surface area contributed by atoms with Gasteiger partial charge >= 0.3 is 6.18 Å². The molecule has 0 fully saturated rings. The van der Waals surface area contributed by atoms with Gasteiger partial charge < -0.3 is 5.11 Å². The number of sulfonamides is 1. The van der Waals surface area contributed by atoms with Crippen molar-refractivity contribution in [1.82, 2.24) is 4.72 Å². The molecule has 0 amide bonds. The van der Waals surface area contributed by atoms with Crippen molar-refractivity contribution < 1.29 is 26.7 Å². The van der Waals surface area contributed by atoms with Gasteiger partial charge in [-0.05, 0) is 24.1 Å². The van der Waals surface area contributed by atoms with Gasteiger partial charge in [0.05, 0.1) is 10.5 Å². The lowest BCUT2D eigenvalue weighted by atomic mass is 10.2. The van der Waals surface area contributed by atoms with Crippen LogP contribution in [0.15, 0.2) is 29.2 Å². The third-order valence-electron chi connectivity index (χ3n) is 2.41. The van der Waals surface area contributed by atoms with Crippen LogP contribution in [0.4, 0.5) is 13.2 Å². The van der Waals surface area contributed by atoms with E-state index in [1.165, 1.54) is 0 Å². The molecule has 0 aliphatic rings. The molecular formula is C11H14F3NO3S. The molecule has 2 N–H and O–H groups in total. The molecule has 1 rings (SSSR count). The Labute approximate surface area is 109 Å². The van der Waals surface area contributed by atoms with Crippen molar-refractivity contribution >= 4 is 10.0 Å². The molecule has 1 unspecified atom stereocenters. The summed E-state index contributed by atoms with van der Waals surface area (Å²) in [4.78, 5) is -0.451. The van der Waals surface area contributed by atoms with Crippen molar-refractivity contribution in [3.05, 3.63) is 29.8 Å². The van der Waals surface area contributed by atoms with Crippen molar-refractivity contribution in [2.24, 2.45) is 5.92 Å². The molecule has 1 atom stereocenters. The Balaban J connectivity index is 2.96. The summed E-state index contributed by atoms with van der Waals surface area (Å²) in [5.41, 5.74) is -1.02. The third kappa shape index (κ3) is 4.48. The molecule has 0 spiro atoms. The number of hydrogen-bond acceptors (Lipinski definition) is 3. The average molecular weight is 297 g/mol. The molecule has 1 aromatic carbocycles. The van der Waals surface area contributed by atoms with E-state index in [-0.39, 0.29) is 19.1 Å². The standard InChI is InChI=1S/C11H14F3NO3S/c1-8(7-16)6-15-19(17,18)10-4-2-3-9(5-10)11(12,13)14/h2-5,8,15-16H,6-7H2,1H3. The Bertz CT molecular complexity index is 528. The molecule has 19 heavy (non-hydrogen) atoms. The third-order valence-corrected chi connectivity index (χ3v) is 3.83. The van der Waals surface area contributed by atoms with Gasteiger partial charge in [0.25, 0.3) is 0 Å². The highest BCUT2D eigenvalue weighted by Crippen LogP contribution is 2.30. The molecule has 0 saturated heterocycles. The van der Waals surface area contributed by atoms with Crippen LogP contribution in [0.5, 0.6) is 0 Å². The van der Waals surface area contributed by atoms with Gasteiger partial charge in [-0.2, -0.15) is 13.2 Å². The van der Waals surface area contributed by atoms with Crippen molar-refractivity contribution in [3.8, 4) is 0 Å². The van der Waals surface area contributed by atoms with E-state index in [2.05, 4.69) is 4.72 Å². The lowest BCUT2D eigenvalue weighted by molar-refractivity contribution is -0.137. The van der Waals surface area contributed by atoms with Gasteiger partial charge in [0.1, 0.15) is 0 Å². The van der Waals surface area contributed by atoms with Crippen LogP contribution in [0.2, 0.25) is 0 Å². The smallest absolute Gasteiger partial charge is 0.396 e. The van der Waals surface area contributed by atoms with E-state index in [9.17, 15) is 21.6 Å². The van der Waals surface area contributed by atoms with Crippen molar-refractivity contribution in [2.75, 3.05) is 13.2 Å². The lowest BCUT2D eigenvalue weighted by Crippen LogP contribution is -2.29. The summed E-state index contributed by atoms with van der Waals surface area (Å²) >= 11 is 0. The topological polar surface area (TPSA) is 66.4 Å². The molecule has 1 aromatic rings. The maximum atomic E-state index is 12.5. The monoisotopic (exact) mass is 297 g/mol. The van der Waals surface area contributed by atoms with Gasteiger partial charge in [0, 0.05) is 13.2 Å². The second kappa shape index (κ2) is 5.89. The van der Waals surface area contributed by atoms with E-state index in [0.717, 1.165) is 18.2 Å². The summed E-state index contributed by atoms with van der Waals surface area (Å²) in [6.07, 6.45) is -4.59. The molecule has 108 valence electrons. The average Bonchev–Trinajstić information content (AvgIpc) is 2.35. The molecule has 0 aliphatic carbocycles. The summed E-state index contributed by atoms with van der Waals surface area (Å²) in [7, 11) is -4.01. The summed E-state index contributed by atoms with van der Waals surface area (Å²) in [6, 6.07) is 3.50. The number of halogens is 3. The van der Waals surface area contributed by atoms with E-state index in [1.807, 2.05) is 0 Å². The number of alkyl halides is 3. The second-order valence-electron chi connectivity index (χ2n) is 4.17. The van der Waals surface area contributed by atoms with Gasteiger partial charge in [0.15, 0.2) is 0 Å². The Morgan fingerprint density at radius 3 is 2.53 bits per heavy atom. The molecule has 8 heteroatoms. The van der Waals surface area contributed by atoms with Crippen LogP contribution in [0, 0.1) is 5.92 Å². The summed E-state index contributed by atoms with van der Waals surface area (Å²) in [5.74, 6) is -0.319. The Kier molecular flexibility index (Phi) is 4.94. The minimum atomic E-state index is -4.59. The zero-order chi connectivity index (χ0) is 14.7. The normalized spacial score (nSPS) is 14.4. The van der Waals surface area contributed by atoms with Crippen LogP contribution in [-0.4, -0.2) is 26.7 Å². The highest BCUT2D eigenvalue weighted by atomic mass is 32.2. The predicted molar refractivity (Wildman–Crippen MR) is 62.9 cm³/mol. The Morgan fingerprint density at radius 2 is 2.00 bits per heavy atom. The zero-order valence-electron chi connectivity index (χ0n) is 10.1. The number of benzene rings is 1. The molecule has 0 bridgehead atoms. The number of rotatable bonds is 5. The predicted octanol–water partition coefficient (Wildman–Crippen LogP) is 1.61. The molecule has 0 heterocycles. The van der Waals surface area contributed by atoms with Gasteiger partial charge in [-0.1, -0.05) is 13.0 Å². The first-order chi connectivity index (χ1) is 8.66. The number of hydrogen-bond donors (Lipinski definition) is 2. The first-order valence-corrected chi connectivity index (χ1v) is 6.93. The van der Waals surface area contributed by atoms with Crippen LogP contribution in [0.1, 0.15) is 12.5 Å². The van der Waals surface area contributed by atoms with Gasteiger partial charge in [0.2, 0.25) is 10.0 Å². The van der Waals surface area contributed by atoms with E-state index in [4.69, 9.17) is 5.11 Å². The van der Waals surface area contributed by atoms with E-state index in [1.54, 1.807) is 6.92 Å². The molecular weight excluding hydrogens is 283 g/mol. The molecule has 0 saturated carbocycles. The van der Waals surface area contributed by atoms with Crippen LogP contribution >= 0.6 is 0 Å². The van der Waals surface area contributed by atoms with E-state index < -0.39 is 26.7 Å². The Morgan fingerprint density at radius 1 is 1.37 bits per heavy atom. The zero-order valence-corrected chi connectivity index (χ0v) is 10.9. The summed E-state index contributed by atoms with van der Waals surface area (Å²) in [6.45, 7) is 1.34. The van der Waals surface area contributed by atoms with Crippen LogP contribution in [0.3, 0.4) is 0 Å². The van der Waals surface area contributed by atoms with Crippen molar-refractivity contribution in [2.45, 2.75) is 18.0 Å². The number of aliphatic hydroxyl groups is 1. The molecule has 0 aromatic heterocycles. The van der Waals surface area contributed by atoms with Gasteiger partial charge in [-0.25, -0.2) is 13.1 Å². The summed E-state index contributed by atoms with van der Waals surface area (Å²) < 4.78 is 63.1. The first-order valence-electron chi connectivity index (χ1n) is 5.44. The van der Waals surface area contributed by atoms with E-state index in [0.29, 0.717) is 6.07 Å². The fraction of sp³-hybridized carbons (Fsp3) is 0.455. The van der Waals surface area contributed by atoms with Crippen LogP contribution in [-0.2, 0) is 16.2 Å². The maximum absolute atomic E-state index is 12.5.